The molecular weight excluding hydrogens is 290 g/mol. The topological polar surface area (TPSA) is 101 Å². The highest BCUT2D eigenvalue weighted by Crippen LogP contribution is 2.20. The van der Waals surface area contributed by atoms with Crippen molar-refractivity contribution in [2.24, 2.45) is 0 Å². The van der Waals surface area contributed by atoms with Gasteiger partial charge in [-0.1, -0.05) is 6.58 Å². The third-order valence-corrected chi connectivity index (χ3v) is 4.25. The predicted octanol–water partition coefficient (Wildman–Crippen LogP) is 0.385. The molecule has 2 rings (SSSR count). The lowest BCUT2D eigenvalue weighted by atomic mass is 10.1. The minimum atomic E-state index is -1.21. The zero-order chi connectivity index (χ0) is 15.4. The molecule has 2 heterocycles. The molecule has 1 aliphatic heterocycles. The first-order valence-corrected chi connectivity index (χ1v) is 8.21. The maximum absolute atomic E-state index is 11.7. The number of amides is 1. The van der Waals surface area contributed by atoms with E-state index in [0.717, 1.165) is 19.4 Å². The SMILES string of the molecule is C=CC(=O)N1CCCC(Nc2nc(N)ncc2S(C)=O)C1. The third-order valence-electron chi connectivity index (χ3n) is 3.33. The van der Waals surface area contributed by atoms with Crippen molar-refractivity contribution >= 4 is 28.5 Å². The molecule has 2 unspecified atom stereocenters. The molecule has 0 aromatic carbocycles. The van der Waals surface area contributed by atoms with E-state index in [1.165, 1.54) is 12.3 Å². The molecule has 21 heavy (non-hydrogen) atoms. The highest BCUT2D eigenvalue weighted by Gasteiger charge is 2.23. The summed E-state index contributed by atoms with van der Waals surface area (Å²) in [4.78, 5) is 21.9. The van der Waals surface area contributed by atoms with Crippen molar-refractivity contribution in [1.82, 2.24) is 14.9 Å². The molecule has 0 saturated carbocycles. The standard InChI is InChI=1S/C13H19N5O2S/c1-3-11(19)18-6-4-5-9(8-18)16-12-10(21(2)20)7-15-13(14)17-12/h3,7,9H,1,4-6,8H2,2H3,(H3,14,15,16,17). The van der Waals surface area contributed by atoms with Gasteiger partial charge < -0.3 is 16.0 Å². The number of carbonyl (C=O) groups is 1. The normalized spacial score (nSPS) is 19.9. The van der Waals surface area contributed by atoms with Gasteiger partial charge in [-0.2, -0.15) is 4.98 Å². The molecule has 7 nitrogen and oxygen atoms in total. The lowest BCUT2D eigenvalue weighted by molar-refractivity contribution is -0.127. The van der Waals surface area contributed by atoms with E-state index >= 15 is 0 Å². The molecule has 1 aromatic rings. The van der Waals surface area contributed by atoms with Crippen LogP contribution in [0.4, 0.5) is 11.8 Å². The van der Waals surface area contributed by atoms with Crippen molar-refractivity contribution in [3.05, 3.63) is 18.9 Å². The van der Waals surface area contributed by atoms with Gasteiger partial charge in [0.1, 0.15) is 5.82 Å². The molecule has 1 saturated heterocycles. The van der Waals surface area contributed by atoms with E-state index < -0.39 is 10.8 Å². The summed E-state index contributed by atoms with van der Waals surface area (Å²) in [5.74, 6) is 0.519. The number of hydrogen-bond donors (Lipinski definition) is 2. The second-order valence-electron chi connectivity index (χ2n) is 4.87. The zero-order valence-electron chi connectivity index (χ0n) is 11.9. The van der Waals surface area contributed by atoms with Gasteiger partial charge in [-0.05, 0) is 18.9 Å². The number of likely N-dealkylation sites (tertiary alicyclic amines) is 1. The van der Waals surface area contributed by atoms with E-state index in [1.54, 1.807) is 11.2 Å². The van der Waals surface area contributed by atoms with E-state index in [1.807, 2.05) is 0 Å². The number of piperidine rings is 1. The molecule has 1 aliphatic rings. The van der Waals surface area contributed by atoms with Gasteiger partial charge in [0.2, 0.25) is 11.9 Å². The molecule has 1 fully saturated rings. The van der Waals surface area contributed by atoms with Crippen LogP contribution in [-0.2, 0) is 15.6 Å². The second kappa shape index (κ2) is 6.66. The molecule has 1 aromatic heterocycles. The first kappa shape index (κ1) is 15.4. The summed E-state index contributed by atoms with van der Waals surface area (Å²) in [6, 6.07) is 0.0410. The summed E-state index contributed by atoms with van der Waals surface area (Å²) in [7, 11) is -1.21. The van der Waals surface area contributed by atoms with Crippen molar-refractivity contribution in [3.63, 3.8) is 0 Å². The van der Waals surface area contributed by atoms with Crippen LogP contribution in [0.2, 0.25) is 0 Å². The van der Waals surface area contributed by atoms with Crippen LogP contribution in [-0.4, -0.2) is 50.4 Å². The lowest BCUT2D eigenvalue weighted by Crippen LogP contribution is -2.44. The molecule has 0 spiro atoms. The Kier molecular flexibility index (Phi) is 4.89. The molecule has 0 aliphatic carbocycles. The number of carbonyl (C=O) groups excluding carboxylic acids is 1. The number of hydrogen-bond acceptors (Lipinski definition) is 6. The van der Waals surface area contributed by atoms with E-state index in [0.29, 0.717) is 17.3 Å². The Hall–Kier alpha value is -1.96. The molecule has 1 amide bonds. The predicted molar refractivity (Wildman–Crippen MR) is 82.2 cm³/mol. The number of aromatic nitrogens is 2. The Morgan fingerprint density at radius 1 is 1.67 bits per heavy atom. The van der Waals surface area contributed by atoms with Crippen LogP contribution in [0.5, 0.6) is 0 Å². The summed E-state index contributed by atoms with van der Waals surface area (Å²) in [6.07, 6.45) is 6.14. The van der Waals surface area contributed by atoms with E-state index in [9.17, 15) is 9.00 Å². The Labute approximate surface area is 126 Å². The van der Waals surface area contributed by atoms with Crippen LogP contribution in [0.1, 0.15) is 12.8 Å². The Morgan fingerprint density at radius 2 is 2.43 bits per heavy atom. The van der Waals surface area contributed by atoms with Gasteiger partial charge in [0, 0.05) is 25.4 Å². The number of nitrogen functional groups attached to an aromatic ring is 1. The van der Waals surface area contributed by atoms with Gasteiger partial charge in [0.05, 0.1) is 21.9 Å². The van der Waals surface area contributed by atoms with E-state index in [-0.39, 0.29) is 17.9 Å². The van der Waals surface area contributed by atoms with E-state index in [2.05, 4.69) is 21.9 Å². The van der Waals surface area contributed by atoms with Crippen LogP contribution >= 0.6 is 0 Å². The lowest BCUT2D eigenvalue weighted by Gasteiger charge is -2.33. The minimum absolute atomic E-state index is 0.0410. The van der Waals surface area contributed by atoms with Crippen LogP contribution in [0, 0.1) is 0 Å². The average Bonchev–Trinajstić information content (AvgIpc) is 2.46. The Balaban J connectivity index is 2.14. The quantitative estimate of drug-likeness (QED) is 0.780. The third kappa shape index (κ3) is 3.78. The molecule has 0 bridgehead atoms. The highest BCUT2D eigenvalue weighted by molar-refractivity contribution is 7.84. The van der Waals surface area contributed by atoms with Gasteiger partial charge in [-0.15, -0.1) is 0 Å². The van der Waals surface area contributed by atoms with Gasteiger partial charge in [-0.25, -0.2) is 4.98 Å². The summed E-state index contributed by atoms with van der Waals surface area (Å²) in [5, 5.41) is 3.23. The minimum Gasteiger partial charge on any atom is -0.368 e. The number of nitrogens with one attached hydrogen (secondary N) is 1. The maximum atomic E-state index is 11.7. The molecule has 114 valence electrons. The smallest absolute Gasteiger partial charge is 0.246 e. The fourth-order valence-electron chi connectivity index (χ4n) is 2.32. The van der Waals surface area contributed by atoms with Crippen LogP contribution in [0.25, 0.3) is 0 Å². The molecule has 0 radical (unpaired) electrons. The van der Waals surface area contributed by atoms with Crippen molar-refractivity contribution in [3.8, 4) is 0 Å². The van der Waals surface area contributed by atoms with E-state index in [4.69, 9.17) is 5.73 Å². The van der Waals surface area contributed by atoms with Crippen molar-refractivity contribution < 1.29 is 9.00 Å². The van der Waals surface area contributed by atoms with Crippen molar-refractivity contribution in [2.45, 2.75) is 23.8 Å². The van der Waals surface area contributed by atoms with Crippen molar-refractivity contribution in [2.75, 3.05) is 30.4 Å². The fraction of sp³-hybridized carbons (Fsp3) is 0.462. The van der Waals surface area contributed by atoms with Gasteiger partial charge in [0.15, 0.2) is 0 Å². The van der Waals surface area contributed by atoms with Crippen LogP contribution in [0.15, 0.2) is 23.7 Å². The molecular formula is C13H19N5O2S. The van der Waals surface area contributed by atoms with Gasteiger partial charge >= 0.3 is 0 Å². The summed E-state index contributed by atoms with van der Waals surface area (Å²) < 4.78 is 11.7. The van der Waals surface area contributed by atoms with Crippen LogP contribution < -0.4 is 11.1 Å². The highest BCUT2D eigenvalue weighted by atomic mass is 32.2. The summed E-state index contributed by atoms with van der Waals surface area (Å²) >= 11 is 0. The number of nitrogens with zero attached hydrogens (tertiary/aromatic N) is 3. The summed E-state index contributed by atoms with van der Waals surface area (Å²) in [5.41, 5.74) is 5.59. The second-order valence-corrected chi connectivity index (χ2v) is 6.22. The van der Waals surface area contributed by atoms with Crippen LogP contribution in [0.3, 0.4) is 0 Å². The molecule has 3 N–H and O–H groups in total. The first-order chi connectivity index (χ1) is 10.0. The Morgan fingerprint density at radius 3 is 3.10 bits per heavy atom. The fourth-order valence-corrected chi connectivity index (χ4v) is 2.89. The van der Waals surface area contributed by atoms with Gasteiger partial charge in [0.25, 0.3) is 0 Å². The maximum Gasteiger partial charge on any atom is 0.246 e. The molecule has 8 heteroatoms. The zero-order valence-corrected chi connectivity index (χ0v) is 12.7. The average molecular weight is 309 g/mol. The largest absolute Gasteiger partial charge is 0.368 e. The van der Waals surface area contributed by atoms with Crippen molar-refractivity contribution in [1.29, 1.82) is 0 Å². The van der Waals surface area contributed by atoms with Gasteiger partial charge in [-0.3, -0.25) is 9.00 Å². The number of nitrogens with two attached hydrogens (primary N) is 1. The number of rotatable bonds is 4. The molecule has 2 atom stereocenters. The monoisotopic (exact) mass is 309 g/mol. The summed E-state index contributed by atoms with van der Waals surface area (Å²) in [6.45, 7) is 4.79. The Bertz CT molecular complexity index is 578. The number of anilines is 2. The first-order valence-electron chi connectivity index (χ1n) is 6.65.